The molecule has 2 N–H and O–H groups in total. The lowest BCUT2D eigenvalue weighted by Crippen LogP contribution is -2.20. The van der Waals surface area contributed by atoms with Crippen molar-refractivity contribution in [2.45, 2.75) is 32.7 Å². The van der Waals surface area contributed by atoms with Crippen molar-refractivity contribution in [2.75, 3.05) is 19.3 Å². The summed E-state index contributed by atoms with van der Waals surface area (Å²) in [7, 11) is 2.01. The van der Waals surface area contributed by atoms with Gasteiger partial charge in [-0.2, -0.15) is 0 Å². The third-order valence-electron chi connectivity index (χ3n) is 2.95. The van der Waals surface area contributed by atoms with Crippen LogP contribution < -0.4 is 5.73 Å². The number of benzene rings is 1. The molecule has 1 aromatic carbocycles. The molecule has 0 saturated carbocycles. The summed E-state index contributed by atoms with van der Waals surface area (Å²) in [6.07, 6.45) is 3.53. The third kappa shape index (κ3) is 4.00. The standard InChI is InChI=1S/C13H21N3O2/c1-3-4-5-9-15(2)10-11-7-6-8-12(13(11)14)16(17)18/h6-8H,3-5,9-10,14H2,1-2H3. The number of para-hydroxylation sites is 1. The number of unbranched alkanes of at least 4 members (excludes halogenated alkanes) is 2. The maximum absolute atomic E-state index is 10.8. The third-order valence-corrected chi connectivity index (χ3v) is 2.95. The molecular weight excluding hydrogens is 230 g/mol. The van der Waals surface area contributed by atoms with Gasteiger partial charge in [-0.1, -0.05) is 31.9 Å². The van der Waals surface area contributed by atoms with E-state index in [9.17, 15) is 10.1 Å². The van der Waals surface area contributed by atoms with E-state index < -0.39 is 4.92 Å². The van der Waals surface area contributed by atoms with Gasteiger partial charge in [-0.05, 0) is 25.6 Å². The molecule has 0 aliphatic rings. The molecule has 0 heterocycles. The molecule has 100 valence electrons. The second-order valence-electron chi connectivity index (χ2n) is 4.55. The van der Waals surface area contributed by atoms with E-state index in [2.05, 4.69) is 11.8 Å². The second kappa shape index (κ2) is 6.96. The van der Waals surface area contributed by atoms with E-state index in [1.54, 1.807) is 6.07 Å². The maximum atomic E-state index is 10.8. The van der Waals surface area contributed by atoms with Crippen molar-refractivity contribution in [3.05, 3.63) is 33.9 Å². The van der Waals surface area contributed by atoms with Crippen LogP contribution in [0.1, 0.15) is 31.7 Å². The van der Waals surface area contributed by atoms with Crippen LogP contribution in [-0.2, 0) is 6.54 Å². The number of nitro benzene ring substituents is 1. The number of nitrogen functional groups attached to an aromatic ring is 1. The van der Waals surface area contributed by atoms with Crippen LogP contribution in [0.5, 0.6) is 0 Å². The highest BCUT2D eigenvalue weighted by atomic mass is 16.6. The lowest BCUT2D eigenvalue weighted by atomic mass is 10.1. The molecule has 0 aromatic heterocycles. The summed E-state index contributed by atoms with van der Waals surface area (Å²) in [5.74, 6) is 0. The van der Waals surface area contributed by atoms with Gasteiger partial charge in [-0.25, -0.2) is 0 Å². The van der Waals surface area contributed by atoms with E-state index in [0.29, 0.717) is 6.54 Å². The molecule has 0 amide bonds. The van der Waals surface area contributed by atoms with Crippen LogP contribution in [0.15, 0.2) is 18.2 Å². The highest BCUT2D eigenvalue weighted by Gasteiger charge is 2.14. The summed E-state index contributed by atoms with van der Waals surface area (Å²) in [6.45, 7) is 3.80. The van der Waals surface area contributed by atoms with Gasteiger partial charge in [0.1, 0.15) is 5.69 Å². The zero-order valence-corrected chi connectivity index (χ0v) is 11.1. The molecule has 0 bridgehead atoms. The fourth-order valence-corrected chi connectivity index (χ4v) is 1.90. The molecule has 0 saturated heterocycles. The largest absolute Gasteiger partial charge is 0.393 e. The highest BCUT2D eigenvalue weighted by molar-refractivity contribution is 5.62. The minimum Gasteiger partial charge on any atom is -0.393 e. The average Bonchev–Trinajstić information content (AvgIpc) is 2.32. The number of nitro groups is 1. The van der Waals surface area contributed by atoms with Crippen molar-refractivity contribution in [2.24, 2.45) is 0 Å². The van der Waals surface area contributed by atoms with Crippen LogP contribution in [0.2, 0.25) is 0 Å². The molecule has 0 aliphatic carbocycles. The van der Waals surface area contributed by atoms with Crippen molar-refractivity contribution in [3.8, 4) is 0 Å². The number of nitrogens with two attached hydrogens (primary N) is 1. The number of hydrogen-bond acceptors (Lipinski definition) is 4. The quantitative estimate of drug-likeness (QED) is 0.350. The molecular formula is C13H21N3O2. The number of rotatable bonds is 7. The topological polar surface area (TPSA) is 72.4 Å². The van der Waals surface area contributed by atoms with Gasteiger partial charge in [0.2, 0.25) is 0 Å². The summed E-state index contributed by atoms with van der Waals surface area (Å²) < 4.78 is 0. The van der Waals surface area contributed by atoms with Crippen LogP contribution in [0.25, 0.3) is 0 Å². The minimum atomic E-state index is -0.435. The van der Waals surface area contributed by atoms with Crippen LogP contribution in [0.4, 0.5) is 11.4 Å². The molecule has 0 unspecified atom stereocenters. The number of nitrogens with zero attached hydrogens (tertiary/aromatic N) is 2. The smallest absolute Gasteiger partial charge is 0.292 e. The van der Waals surface area contributed by atoms with E-state index in [1.165, 1.54) is 18.9 Å². The first-order chi connectivity index (χ1) is 8.56. The van der Waals surface area contributed by atoms with Crippen molar-refractivity contribution in [3.63, 3.8) is 0 Å². The Balaban J connectivity index is 2.67. The van der Waals surface area contributed by atoms with Crippen molar-refractivity contribution in [1.82, 2.24) is 4.90 Å². The number of hydrogen-bond donors (Lipinski definition) is 1. The highest BCUT2D eigenvalue weighted by Crippen LogP contribution is 2.25. The normalized spacial score (nSPS) is 10.8. The van der Waals surface area contributed by atoms with Crippen molar-refractivity contribution < 1.29 is 4.92 Å². The van der Waals surface area contributed by atoms with Gasteiger partial charge in [0.25, 0.3) is 5.69 Å². The molecule has 0 fully saturated rings. The Morgan fingerprint density at radius 3 is 2.72 bits per heavy atom. The van der Waals surface area contributed by atoms with Crippen LogP contribution in [0, 0.1) is 10.1 Å². The monoisotopic (exact) mass is 251 g/mol. The van der Waals surface area contributed by atoms with Gasteiger partial charge >= 0.3 is 0 Å². The molecule has 18 heavy (non-hydrogen) atoms. The van der Waals surface area contributed by atoms with E-state index >= 15 is 0 Å². The number of anilines is 1. The fourth-order valence-electron chi connectivity index (χ4n) is 1.90. The zero-order chi connectivity index (χ0) is 13.5. The molecule has 5 nitrogen and oxygen atoms in total. The van der Waals surface area contributed by atoms with Gasteiger partial charge in [0.05, 0.1) is 4.92 Å². The molecule has 0 spiro atoms. The summed E-state index contributed by atoms with van der Waals surface area (Å²) in [5, 5.41) is 10.8. The van der Waals surface area contributed by atoms with Gasteiger partial charge in [0.15, 0.2) is 0 Å². The SMILES string of the molecule is CCCCCN(C)Cc1cccc([N+](=O)[O-])c1N. The molecule has 5 heteroatoms. The Morgan fingerprint density at radius 2 is 2.11 bits per heavy atom. The fraction of sp³-hybridized carbons (Fsp3) is 0.538. The van der Waals surface area contributed by atoms with Crippen molar-refractivity contribution >= 4 is 11.4 Å². The minimum absolute atomic E-state index is 0.00513. The molecule has 1 aromatic rings. The van der Waals surface area contributed by atoms with E-state index in [-0.39, 0.29) is 11.4 Å². The predicted octanol–water partition coefficient (Wildman–Crippen LogP) is 2.80. The Hall–Kier alpha value is -1.62. The van der Waals surface area contributed by atoms with Crippen LogP contribution in [-0.4, -0.2) is 23.4 Å². The van der Waals surface area contributed by atoms with Crippen LogP contribution >= 0.6 is 0 Å². The molecule has 0 aliphatic heterocycles. The Kier molecular flexibility index (Phi) is 5.58. The van der Waals surface area contributed by atoms with E-state index in [4.69, 9.17) is 5.73 Å². The Morgan fingerprint density at radius 1 is 1.39 bits per heavy atom. The summed E-state index contributed by atoms with van der Waals surface area (Å²) in [5.41, 5.74) is 6.92. The maximum Gasteiger partial charge on any atom is 0.292 e. The first-order valence-corrected chi connectivity index (χ1v) is 6.26. The second-order valence-corrected chi connectivity index (χ2v) is 4.55. The van der Waals surface area contributed by atoms with E-state index in [0.717, 1.165) is 18.5 Å². The zero-order valence-electron chi connectivity index (χ0n) is 11.1. The first kappa shape index (κ1) is 14.4. The summed E-state index contributed by atoms with van der Waals surface area (Å²) >= 11 is 0. The lowest BCUT2D eigenvalue weighted by molar-refractivity contribution is -0.384. The Labute approximate surface area is 108 Å². The predicted molar refractivity (Wildman–Crippen MR) is 73.4 cm³/mol. The first-order valence-electron chi connectivity index (χ1n) is 6.26. The molecule has 0 atom stereocenters. The average molecular weight is 251 g/mol. The van der Waals surface area contributed by atoms with Gasteiger partial charge in [-0.3, -0.25) is 10.1 Å². The molecule has 0 radical (unpaired) electrons. The lowest BCUT2D eigenvalue weighted by Gasteiger charge is -2.17. The van der Waals surface area contributed by atoms with Gasteiger partial charge < -0.3 is 10.6 Å². The van der Waals surface area contributed by atoms with Crippen LogP contribution in [0.3, 0.4) is 0 Å². The summed E-state index contributed by atoms with van der Waals surface area (Å²) in [4.78, 5) is 12.5. The van der Waals surface area contributed by atoms with Crippen molar-refractivity contribution in [1.29, 1.82) is 0 Å². The Bertz CT molecular complexity index is 407. The van der Waals surface area contributed by atoms with Gasteiger partial charge in [0, 0.05) is 12.6 Å². The molecule has 1 rings (SSSR count). The van der Waals surface area contributed by atoms with E-state index in [1.807, 2.05) is 13.1 Å². The summed E-state index contributed by atoms with van der Waals surface area (Å²) in [6, 6.07) is 4.97. The van der Waals surface area contributed by atoms with Gasteiger partial charge in [-0.15, -0.1) is 0 Å².